The molecular weight excluding hydrogens is 216 g/mol. The number of benzene rings is 1. The van der Waals surface area contributed by atoms with Crippen LogP contribution in [0.3, 0.4) is 0 Å². The van der Waals surface area contributed by atoms with E-state index in [9.17, 15) is 4.79 Å². The van der Waals surface area contributed by atoms with Crippen molar-refractivity contribution < 1.29 is 9.63 Å². The normalized spacial score (nSPS) is 9.65. The van der Waals surface area contributed by atoms with E-state index < -0.39 is 0 Å². The van der Waals surface area contributed by atoms with E-state index in [-0.39, 0.29) is 5.91 Å². The fourth-order valence-electron chi connectivity index (χ4n) is 1.34. The quantitative estimate of drug-likeness (QED) is 0.576. The third kappa shape index (κ3) is 5.16. The first-order valence-corrected chi connectivity index (χ1v) is 5.40. The fourth-order valence-corrected chi connectivity index (χ4v) is 1.34. The molecule has 0 atom stereocenters. The van der Waals surface area contributed by atoms with E-state index in [0.29, 0.717) is 19.4 Å². The Balaban J connectivity index is 2.45. The number of nitrogens with two attached hydrogens (primary N) is 1. The molecular formula is C13H16N2O2. The Morgan fingerprint density at radius 2 is 2.12 bits per heavy atom. The van der Waals surface area contributed by atoms with Gasteiger partial charge in [-0.2, -0.15) is 0 Å². The molecule has 0 heterocycles. The average molecular weight is 232 g/mol. The third-order valence-electron chi connectivity index (χ3n) is 2.24. The molecule has 90 valence electrons. The van der Waals surface area contributed by atoms with Gasteiger partial charge in [0.05, 0.1) is 6.61 Å². The van der Waals surface area contributed by atoms with E-state index in [1.165, 1.54) is 0 Å². The number of hydrogen-bond acceptors (Lipinski definition) is 3. The van der Waals surface area contributed by atoms with Crippen molar-refractivity contribution in [1.82, 2.24) is 0 Å². The minimum atomic E-state index is -0.0685. The molecule has 0 saturated heterocycles. The summed E-state index contributed by atoms with van der Waals surface area (Å²) in [5, 5.41) is 2.77. The van der Waals surface area contributed by atoms with Gasteiger partial charge in [-0.05, 0) is 24.1 Å². The van der Waals surface area contributed by atoms with Crippen LogP contribution in [0.1, 0.15) is 18.4 Å². The predicted molar refractivity (Wildman–Crippen MR) is 67.0 cm³/mol. The molecule has 0 fully saturated rings. The summed E-state index contributed by atoms with van der Waals surface area (Å²) in [5.74, 6) is 7.31. The minimum Gasteiger partial charge on any atom is -0.326 e. The second kappa shape index (κ2) is 7.44. The molecule has 1 aromatic carbocycles. The fraction of sp³-hybridized carbons (Fsp3) is 0.308. The highest BCUT2D eigenvalue weighted by molar-refractivity contribution is 5.90. The number of amides is 1. The standard InChI is InChI=1S/C13H16N2O2/c1-2-3-4-13(16)15-12-7-5-11(6-8-12)9-10-17-14/h1,5-8H,3-4,9-10,14H2,(H,15,16). The van der Waals surface area contributed by atoms with Crippen LogP contribution in [-0.2, 0) is 16.1 Å². The first-order valence-electron chi connectivity index (χ1n) is 5.40. The molecule has 0 radical (unpaired) electrons. The molecule has 1 amide bonds. The van der Waals surface area contributed by atoms with Crippen LogP contribution in [0, 0.1) is 12.3 Å². The zero-order valence-corrected chi connectivity index (χ0v) is 9.61. The first kappa shape index (κ1) is 13.2. The number of carbonyl (C=O) groups excluding carboxylic acids is 1. The van der Waals surface area contributed by atoms with Crippen LogP contribution >= 0.6 is 0 Å². The first-order chi connectivity index (χ1) is 8.26. The Hall–Kier alpha value is -1.83. The van der Waals surface area contributed by atoms with Gasteiger partial charge in [0.1, 0.15) is 0 Å². The van der Waals surface area contributed by atoms with Crippen LogP contribution in [0.15, 0.2) is 24.3 Å². The number of hydrogen-bond donors (Lipinski definition) is 2. The lowest BCUT2D eigenvalue weighted by Gasteiger charge is -2.05. The molecule has 0 aliphatic rings. The van der Waals surface area contributed by atoms with Gasteiger partial charge in [0.15, 0.2) is 0 Å². The van der Waals surface area contributed by atoms with Crippen molar-refractivity contribution in [2.24, 2.45) is 5.90 Å². The van der Waals surface area contributed by atoms with Crippen LogP contribution in [-0.4, -0.2) is 12.5 Å². The van der Waals surface area contributed by atoms with Crippen molar-refractivity contribution in [2.45, 2.75) is 19.3 Å². The Labute approximate surface area is 101 Å². The largest absolute Gasteiger partial charge is 0.326 e. The van der Waals surface area contributed by atoms with Gasteiger partial charge < -0.3 is 10.2 Å². The van der Waals surface area contributed by atoms with Gasteiger partial charge in [0.25, 0.3) is 0 Å². The third-order valence-corrected chi connectivity index (χ3v) is 2.24. The molecule has 0 unspecified atom stereocenters. The van der Waals surface area contributed by atoms with Crippen LogP contribution < -0.4 is 11.2 Å². The summed E-state index contributed by atoms with van der Waals surface area (Å²) < 4.78 is 0. The molecule has 4 nitrogen and oxygen atoms in total. The van der Waals surface area contributed by atoms with E-state index in [2.05, 4.69) is 16.1 Å². The highest BCUT2D eigenvalue weighted by Gasteiger charge is 2.01. The number of nitrogens with one attached hydrogen (secondary N) is 1. The molecule has 0 aliphatic carbocycles. The lowest BCUT2D eigenvalue weighted by molar-refractivity contribution is -0.116. The van der Waals surface area contributed by atoms with Crippen LogP contribution in [0.5, 0.6) is 0 Å². The maximum absolute atomic E-state index is 11.4. The molecule has 1 aromatic rings. The summed E-state index contributed by atoms with van der Waals surface area (Å²) in [6, 6.07) is 7.55. The molecule has 0 aliphatic heterocycles. The van der Waals surface area contributed by atoms with E-state index in [1.54, 1.807) is 0 Å². The van der Waals surface area contributed by atoms with E-state index in [4.69, 9.17) is 12.3 Å². The SMILES string of the molecule is C#CCCC(=O)Nc1ccc(CCON)cc1. The van der Waals surface area contributed by atoms with Crippen molar-refractivity contribution in [2.75, 3.05) is 11.9 Å². The van der Waals surface area contributed by atoms with Crippen LogP contribution in [0.2, 0.25) is 0 Å². The molecule has 1 rings (SSSR count). The number of carbonyl (C=O) groups is 1. The molecule has 0 spiro atoms. The Kier molecular flexibility index (Phi) is 5.80. The van der Waals surface area contributed by atoms with Gasteiger partial charge in [0.2, 0.25) is 5.91 Å². The second-order valence-electron chi connectivity index (χ2n) is 3.57. The second-order valence-corrected chi connectivity index (χ2v) is 3.57. The Morgan fingerprint density at radius 3 is 2.71 bits per heavy atom. The highest BCUT2D eigenvalue weighted by Crippen LogP contribution is 2.10. The zero-order valence-electron chi connectivity index (χ0n) is 9.61. The van der Waals surface area contributed by atoms with Crippen molar-refractivity contribution >= 4 is 11.6 Å². The molecule has 17 heavy (non-hydrogen) atoms. The van der Waals surface area contributed by atoms with Gasteiger partial charge in [-0.3, -0.25) is 4.79 Å². The van der Waals surface area contributed by atoms with Crippen LogP contribution in [0.4, 0.5) is 5.69 Å². The minimum absolute atomic E-state index is 0.0685. The van der Waals surface area contributed by atoms with E-state index in [0.717, 1.165) is 17.7 Å². The van der Waals surface area contributed by atoms with Crippen molar-refractivity contribution in [3.05, 3.63) is 29.8 Å². The monoisotopic (exact) mass is 232 g/mol. The molecule has 0 saturated carbocycles. The molecule has 0 bridgehead atoms. The predicted octanol–water partition coefficient (Wildman–Crippen LogP) is 1.47. The van der Waals surface area contributed by atoms with Gasteiger partial charge in [-0.1, -0.05) is 12.1 Å². The Morgan fingerprint density at radius 1 is 1.41 bits per heavy atom. The lowest BCUT2D eigenvalue weighted by atomic mass is 10.1. The summed E-state index contributed by atoms with van der Waals surface area (Å²) in [5.41, 5.74) is 1.88. The van der Waals surface area contributed by atoms with Crippen molar-refractivity contribution in [3.63, 3.8) is 0 Å². The van der Waals surface area contributed by atoms with Crippen LogP contribution in [0.25, 0.3) is 0 Å². The van der Waals surface area contributed by atoms with E-state index >= 15 is 0 Å². The van der Waals surface area contributed by atoms with Gasteiger partial charge in [-0.15, -0.1) is 12.3 Å². The molecule has 3 N–H and O–H groups in total. The zero-order chi connectivity index (χ0) is 12.5. The average Bonchev–Trinajstić information content (AvgIpc) is 2.35. The number of terminal acetylenes is 1. The van der Waals surface area contributed by atoms with Gasteiger partial charge in [0, 0.05) is 18.5 Å². The lowest BCUT2D eigenvalue weighted by Crippen LogP contribution is -2.10. The summed E-state index contributed by atoms with van der Waals surface area (Å²) >= 11 is 0. The van der Waals surface area contributed by atoms with E-state index in [1.807, 2.05) is 24.3 Å². The molecule has 4 heteroatoms. The van der Waals surface area contributed by atoms with Crippen molar-refractivity contribution in [3.8, 4) is 12.3 Å². The number of anilines is 1. The van der Waals surface area contributed by atoms with Crippen molar-refractivity contribution in [1.29, 1.82) is 0 Å². The highest BCUT2D eigenvalue weighted by atomic mass is 16.6. The summed E-state index contributed by atoms with van der Waals surface area (Å²) in [6.45, 7) is 0.480. The summed E-state index contributed by atoms with van der Waals surface area (Å²) in [4.78, 5) is 15.9. The smallest absolute Gasteiger partial charge is 0.225 e. The number of rotatable bonds is 6. The summed E-state index contributed by atoms with van der Waals surface area (Å²) in [7, 11) is 0. The van der Waals surface area contributed by atoms with Gasteiger partial charge in [-0.25, -0.2) is 5.90 Å². The maximum Gasteiger partial charge on any atom is 0.225 e. The Bertz CT molecular complexity index is 393. The summed E-state index contributed by atoms with van der Waals surface area (Å²) in [6.07, 6.45) is 6.64. The molecule has 0 aromatic heterocycles. The maximum atomic E-state index is 11.4. The van der Waals surface area contributed by atoms with Gasteiger partial charge >= 0.3 is 0 Å². The topological polar surface area (TPSA) is 64.3 Å².